The lowest BCUT2D eigenvalue weighted by Crippen LogP contribution is -2.21. The number of benzene rings is 1. The van der Waals surface area contributed by atoms with Crippen LogP contribution in [0.4, 0.5) is 0 Å². The van der Waals surface area contributed by atoms with Crippen molar-refractivity contribution in [3.05, 3.63) is 48.2 Å². The van der Waals surface area contributed by atoms with Gasteiger partial charge in [0, 0.05) is 12.3 Å². The molecule has 0 aromatic heterocycles. The molecule has 0 aliphatic carbocycles. The Morgan fingerprint density at radius 3 is 2.88 bits per heavy atom. The van der Waals surface area contributed by atoms with Gasteiger partial charge in [0.25, 0.3) is 0 Å². The van der Waals surface area contributed by atoms with Gasteiger partial charge < -0.3 is 9.47 Å². The van der Waals surface area contributed by atoms with Gasteiger partial charge in [0.15, 0.2) is 6.29 Å². The number of hydrogen-bond donors (Lipinski definition) is 0. The highest BCUT2D eigenvalue weighted by molar-refractivity contribution is 5.24. The molecule has 0 N–H and O–H groups in total. The van der Waals surface area contributed by atoms with Crippen molar-refractivity contribution in [1.29, 1.82) is 0 Å². The smallest absolute Gasteiger partial charge is 0.199 e. The molecule has 92 valence electrons. The molecule has 0 unspecified atom stereocenters. The van der Waals surface area contributed by atoms with Gasteiger partial charge >= 0.3 is 0 Å². The van der Waals surface area contributed by atoms with Gasteiger partial charge in [-0.05, 0) is 18.1 Å². The van der Waals surface area contributed by atoms with Crippen molar-refractivity contribution in [2.45, 2.75) is 38.4 Å². The Hall–Kier alpha value is -1.28. The summed E-state index contributed by atoms with van der Waals surface area (Å²) in [5.74, 6) is 0.413. The summed E-state index contributed by atoms with van der Waals surface area (Å²) < 4.78 is 11.2. The Morgan fingerprint density at radius 2 is 2.12 bits per heavy atom. The molecule has 1 aromatic carbocycles. The molecule has 2 atom stereocenters. The first-order chi connectivity index (χ1) is 8.40. The average molecular weight is 232 g/mol. The number of unbranched alkanes of at least 4 members (excludes halogenated alkanes) is 1. The average Bonchev–Trinajstić information content (AvgIpc) is 2.41. The van der Waals surface area contributed by atoms with E-state index in [-0.39, 0.29) is 6.29 Å². The lowest BCUT2D eigenvalue weighted by atomic mass is 9.94. The molecular weight excluding hydrogens is 212 g/mol. The highest BCUT2D eigenvalue weighted by Crippen LogP contribution is 2.27. The minimum Gasteiger partial charge on any atom is -0.473 e. The standard InChI is InChI=1S/C15H20O2/c1-2-3-10-16-15-12-14(9-11-17-15)13-7-5-4-6-8-13/h4-9,11,14-15H,2-3,10,12H2,1H3/t14-,15-/m0/s1. The Bertz CT molecular complexity index is 345. The molecule has 1 heterocycles. The van der Waals surface area contributed by atoms with Gasteiger partial charge in [0.2, 0.25) is 0 Å². The molecule has 0 fully saturated rings. The molecule has 2 nitrogen and oxygen atoms in total. The van der Waals surface area contributed by atoms with Gasteiger partial charge in [-0.25, -0.2) is 0 Å². The first-order valence-electron chi connectivity index (χ1n) is 6.39. The summed E-state index contributed by atoms with van der Waals surface area (Å²) in [7, 11) is 0. The largest absolute Gasteiger partial charge is 0.473 e. The molecule has 0 amide bonds. The van der Waals surface area contributed by atoms with E-state index in [1.165, 1.54) is 5.56 Å². The molecule has 17 heavy (non-hydrogen) atoms. The van der Waals surface area contributed by atoms with Crippen molar-refractivity contribution in [3.8, 4) is 0 Å². The second-order valence-corrected chi connectivity index (χ2v) is 4.37. The zero-order valence-corrected chi connectivity index (χ0v) is 10.3. The number of allylic oxidation sites excluding steroid dienone is 1. The fourth-order valence-electron chi connectivity index (χ4n) is 1.98. The van der Waals surface area contributed by atoms with Gasteiger partial charge in [-0.2, -0.15) is 0 Å². The SMILES string of the molecule is CCCCO[C@@H]1C[C@@H](c2ccccc2)C=CO1. The zero-order valence-electron chi connectivity index (χ0n) is 10.3. The van der Waals surface area contributed by atoms with Gasteiger partial charge in [-0.1, -0.05) is 43.7 Å². The summed E-state index contributed by atoms with van der Waals surface area (Å²) in [4.78, 5) is 0. The highest BCUT2D eigenvalue weighted by Gasteiger charge is 2.20. The molecule has 1 aliphatic heterocycles. The van der Waals surface area contributed by atoms with Crippen LogP contribution in [-0.2, 0) is 9.47 Å². The maximum absolute atomic E-state index is 5.70. The molecule has 2 rings (SSSR count). The van der Waals surface area contributed by atoms with Gasteiger partial charge in [-0.3, -0.25) is 0 Å². The van der Waals surface area contributed by atoms with Gasteiger partial charge in [0.05, 0.1) is 12.9 Å². The van der Waals surface area contributed by atoms with E-state index in [9.17, 15) is 0 Å². The lowest BCUT2D eigenvalue weighted by molar-refractivity contribution is -0.118. The van der Waals surface area contributed by atoms with Crippen LogP contribution in [0.2, 0.25) is 0 Å². The van der Waals surface area contributed by atoms with E-state index < -0.39 is 0 Å². The van der Waals surface area contributed by atoms with Crippen LogP contribution in [0.3, 0.4) is 0 Å². The van der Waals surface area contributed by atoms with E-state index in [4.69, 9.17) is 9.47 Å². The molecular formula is C15H20O2. The first-order valence-corrected chi connectivity index (χ1v) is 6.39. The summed E-state index contributed by atoms with van der Waals surface area (Å²) in [6.07, 6.45) is 6.96. The van der Waals surface area contributed by atoms with E-state index >= 15 is 0 Å². The van der Waals surface area contributed by atoms with E-state index in [1.807, 2.05) is 6.07 Å². The molecule has 1 aromatic rings. The third kappa shape index (κ3) is 3.60. The minimum absolute atomic E-state index is 0.0863. The Morgan fingerprint density at radius 1 is 1.29 bits per heavy atom. The highest BCUT2D eigenvalue weighted by atomic mass is 16.7. The summed E-state index contributed by atoms with van der Waals surface area (Å²) in [5, 5.41) is 0. The van der Waals surface area contributed by atoms with Crippen LogP contribution in [0.5, 0.6) is 0 Å². The second-order valence-electron chi connectivity index (χ2n) is 4.37. The van der Waals surface area contributed by atoms with Gasteiger partial charge in [-0.15, -0.1) is 0 Å². The zero-order chi connectivity index (χ0) is 11.9. The molecule has 2 heteroatoms. The van der Waals surface area contributed by atoms with E-state index in [0.717, 1.165) is 25.9 Å². The fourth-order valence-corrected chi connectivity index (χ4v) is 1.98. The number of hydrogen-bond acceptors (Lipinski definition) is 2. The topological polar surface area (TPSA) is 18.5 Å². The predicted octanol–water partition coefficient (Wildman–Crippen LogP) is 3.85. The van der Waals surface area contributed by atoms with E-state index in [1.54, 1.807) is 6.26 Å². The monoisotopic (exact) mass is 232 g/mol. The van der Waals surface area contributed by atoms with Crippen LogP contribution in [-0.4, -0.2) is 12.9 Å². The van der Waals surface area contributed by atoms with Crippen molar-refractivity contribution >= 4 is 0 Å². The number of rotatable bonds is 5. The Labute approximate surface area is 103 Å². The first kappa shape index (κ1) is 12.2. The third-order valence-corrected chi connectivity index (χ3v) is 3.02. The maximum Gasteiger partial charge on any atom is 0.199 e. The third-order valence-electron chi connectivity index (χ3n) is 3.02. The Kier molecular flexibility index (Phi) is 4.63. The van der Waals surface area contributed by atoms with Crippen LogP contribution in [0.25, 0.3) is 0 Å². The van der Waals surface area contributed by atoms with Crippen molar-refractivity contribution in [2.75, 3.05) is 6.61 Å². The summed E-state index contributed by atoms with van der Waals surface area (Å²) in [6.45, 7) is 2.95. The number of ether oxygens (including phenoxy) is 2. The lowest BCUT2D eigenvalue weighted by Gasteiger charge is -2.25. The predicted molar refractivity (Wildman–Crippen MR) is 68.7 cm³/mol. The van der Waals surface area contributed by atoms with Gasteiger partial charge in [0.1, 0.15) is 0 Å². The molecule has 0 spiro atoms. The summed E-state index contributed by atoms with van der Waals surface area (Å²) >= 11 is 0. The van der Waals surface area contributed by atoms with Crippen LogP contribution in [0, 0.1) is 0 Å². The van der Waals surface area contributed by atoms with Crippen LogP contribution >= 0.6 is 0 Å². The molecule has 0 bridgehead atoms. The van der Waals surface area contributed by atoms with Crippen LogP contribution in [0.15, 0.2) is 42.7 Å². The van der Waals surface area contributed by atoms with E-state index in [0.29, 0.717) is 5.92 Å². The van der Waals surface area contributed by atoms with Crippen LogP contribution < -0.4 is 0 Å². The maximum atomic E-state index is 5.70. The van der Waals surface area contributed by atoms with Crippen molar-refractivity contribution in [1.82, 2.24) is 0 Å². The van der Waals surface area contributed by atoms with Crippen LogP contribution in [0.1, 0.15) is 37.7 Å². The van der Waals surface area contributed by atoms with Crippen molar-refractivity contribution < 1.29 is 9.47 Å². The van der Waals surface area contributed by atoms with E-state index in [2.05, 4.69) is 37.3 Å². The summed E-state index contributed by atoms with van der Waals surface area (Å²) in [6, 6.07) is 10.5. The molecule has 0 saturated heterocycles. The normalized spacial score (nSPS) is 23.4. The quantitative estimate of drug-likeness (QED) is 0.718. The fraction of sp³-hybridized carbons (Fsp3) is 0.467. The molecule has 0 saturated carbocycles. The Balaban J connectivity index is 1.89. The summed E-state index contributed by atoms with van der Waals surface area (Å²) in [5.41, 5.74) is 1.33. The molecule has 1 aliphatic rings. The van der Waals surface area contributed by atoms with Crippen molar-refractivity contribution in [3.63, 3.8) is 0 Å². The molecule has 0 radical (unpaired) electrons. The minimum atomic E-state index is -0.0863. The second kappa shape index (κ2) is 6.45. The van der Waals surface area contributed by atoms with Crippen molar-refractivity contribution in [2.24, 2.45) is 0 Å².